The van der Waals surface area contributed by atoms with Crippen molar-refractivity contribution in [2.75, 3.05) is 30.3 Å². The van der Waals surface area contributed by atoms with Gasteiger partial charge in [0.25, 0.3) is 0 Å². The highest BCUT2D eigenvalue weighted by Gasteiger charge is 2.12. The van der Waals surface area contributed by atoms with Crippen molar-refractivity contribution < 1.29 is 4.79 Å². The number of nitrogens with one attached hydrogen (secondary N) is 1. The molecule has 1 amide bonds. The van der Waals surface area contributed by atoms with Crippen molar-refractivity contribution >= 4 is 17.3 Å². The Bertz CT molecular complexity index is 439. The van der Waals surface area contributed by atoms with Gasteiger partial charge in [-0.2, -0.15) is 5.26 Å². The summed E-state index contributed by atoms with van der Waals surface area (Å²) in [5.41, 5.74) is 7.41. The number of carbonyl (C=O) groups is 1. The summed E-state index contributed by atoms with van der Waals surface area (Å²) in [6.45, 7) is 3.03. The molecule has 0 heterocycles. The molecule has 1 aromatic carbocycles. The van der Waals surface area contributed by atoms with Crippen molar-refractivity contribution in [3.05, 3.63) is 24.3 Å². The number of anilines is 2. The van der Waals surface area contributed by atoms with Crippen LogP contribution in [0.5, 0.6) is 0 Å². The molecule has 0 aliphatic rings. The third-order valence-electron chi connectivity index (χ3n) is 2.47. The second-order valence-electron chi connectivity index (χ2n) is 3.92. The van der Waals surface area contributed by atoms with Gasteiger partial charge in [0.05, 0.1) is 24.0 Å². The largest absolute Gasteiger partial charge is 0.397 e. The predicted molar refractivity (Wildman–Crippen MR) is 72.0 cm³/mol. The minimum atomic E-state index is -0.173. The molecule has 0 fully saturated rings. The molecule has 96 valence electrons. The standard InChI is InChI=1S/C13H18N4O/c1-2-9-17(10-13(18)16-8-7-14)12-6-4-3-5-11(12)15/h3-6H,2,8-10,15H2,1H3,(H,16,18). The quantitative estimate of drug-likeness (QED) is 0.582. The Balaban J connectivity index is 2.74. The van der Waals surface area contributed by atoms with E-state index in [0.29, 0.717) is 5.69 Å². The van der Waals surface area contributed by atoms with E-state index in [2.05, 4.69) is 5.32 Å². The van der Waals surface area contributed by atoms with E-state index in [1.807, 2.05) is 42.2 Å². The number of nitriles is 1. The molecule has 0 bridgehead atoms. The van der Waals surface area contributed by atoms with Crippen LogP contribution in [0.25, 0.3) is 0 Å². The van der Waals surface area contributed by atoms with E-state index < -0.39 is 0 Å². The summed E-state index contributed by atoms with van der Waals surface area (Å²) in [6, 6.07) is 9.33. The van der Waals surface area contributed by atoms with Crippen molar-refractivity contribution in [3.63, 3.8) is 0 Å². The molecule has 0 atom stereocenters. The molecule has 0 saturated heterocycles. The lowest BCUT2D eigenvalue weighted by Gasteiger charge is -2.24. The van der Waals surface area contributed by atoms with Gasteiger partial charge in [-0.15, -0.1) is 0 Å². The van der Waals surface area contributed by atoms with Crippen molar-refractivity contribution in [2.24, 2.45) is 0 Å². The van der Waals surface area contributed by atoms with Crippen LogP contribution in [0, 0.1) is 11.3 Å². The van der Waals surface area contributed by atoms with Gasteiger partial charge in [0.1, 0.15) is 6.54 Å². The topological polar surface area (TPSA) is 82.2 Å². The Labute approximate surface area is 107 Å². The van der Waals surface area contributed by atoms with E-state index in [1.54, 1.807) is 0 Å². The van der Waals surface area contributed by atoms with Crippen LogP contribution in [-0.4, -0.2) is 25.5 Å². The highest BCUT2D eigenvalue weighted by Crippen LogP contribution is 2.22. The molecular formula is C13H18N4O. The lowest BCUT2D eigenvalue weighted by Crippen LogP contribution is -2.38. The lowest BCUT2D eigenvalue weighted by molar-refractivity contribution is -0.119. The van der Waals surface area contributed by atoms with Gasteiger partial charge in [-0.3, -0.25) is 4.79 Å². The third kappa shape index (κ3) is 3.98. The fourth-order valence-corrected chi connectivity index (χ4v) is 1.70. The minimum absolute atomic E-state index is 0.0308. The van der Waals surface area contributed by atoms with Crippen LogP contribution < -0.4 is 16.0 Å². The molecule has 1 rings (SSSR count). The van der Waals surface area contributed by atoms with Gasteiger partial charge in [0.2, 0.25) is 5.91 Å². The summed E-state index contributed by atoms with van der Waals surface area (Å²) >= 11 is 0. The van der Waals surface area contributed by atoms with Gasteiger partial charge in [-0.05, 0) is 18.6 Å². The van der Waals surface area contributed by atoms with Gasteiger partial charge >= 0.3 is 0 Å². The summed E-state index contributed by atoms with van der Waals surface area (Å²) < 4.78 is 0. The summed E-state index contributed by atoms with van der Waals surface area (Å²) in [6.07, 6.45) is 0.917. The average Bonchev–Trinajstić information content (AvgIpc) is 2.36. The Morgan fingerprint density at radius 1 is 1.50 bits per heavy atom. The number of nitrogen functional groups attached to an aromatic ring is 1. The number of para-hydroxylation sites is 2. The molecule has 0 radical (unpaired) electrons. The molecule has 0 unspecified atom stereocenters. The molecule has 0 aliphatic carbocycles. The van der Waals surface area contributed by atoms with Gasteiger partial charge in [-0.25, -0.2) is 0 Å². The first kappa shape index (κ1) is 13.8. The number of amides is 1. The smallest absolute Gasteiger partial charge is 0.240 e. The molecule has 0 aromatic heterocycles. The van der Waals surface area contributed by atoms with Crippen LogP contribution in [-0.2, 0) is 4.79 Å². The molecule has 3 N–H and O–H groups in total. The summed E-state index contributed by atoms with van der Waals surface area (Å²) in [7, 11) is 0. The fraction of sp³-hybridized carbons (Fsp3) is 0.385. The zero-order chi connectivity index (χ0) is 13.4. The highest BCUT2D eigenvalue weighted by molar-refractivity contribution is 5.83. The summed E-state index contributed by atoms with van der Waals surface area (Å²) in [5.74, 6) is -0.173. The first-order valence-corrected chi connectivity index (χ1v) is 5.92. The van der Waals surface area contributed by atoms with E-state index in [-0.39, 0.29) is 19.0 Å². The van der Waals surface area contributed by atoms with Crippen LogP contribution in [0.3, 0.4) is 0 Å². The molecule has 0 saturated carbocycles. The van der Waals surface area contributed by atoms with Gasteiger partial charge in [-0.1, -0.05) is 19.1 Å². The molecule has 1 aromatic rings. The lowest BCUT2D eigenvalue weighted by atomic mass is 10.2. The van der Waals surface area contributed by atoms with Crippen LogP contribution in [0.2, 0.25) is 0 Å². The van der Waals surface area contributed by atoms with Crippen molar-refractivity contribution in [1.82, 2.24) is 5.32 Å². The Kier molecular flexibility index (Phi) is 5.52. The van der Waals surface area contributed by atoms with E-state index >= 15 is 0 Å². The summed E-state index contributed by atoms with van der Waals surface area (Å²) in [4.78, 5) is 13.5. The number of rotatable bonds is 6. The molecular weight excluding hydrogens is 228 g/mol. The van der Waals surface area contributed by atoms with Gasteiger partial charge in [0, 0.05) is 6.54 Å². The minimum Gasteiger partial charge on any atom is -0.397 e. The van der Waals surface area contributed by atoms with Crippen LogP contribution >= 0.6 is 0 Å². The second kappa shape index (κ2) is 7.17. The number of nitrogens with zero attached hydrogens (tertiary/aromatic N) is 2. The third-order valence-corrected chi connectivity index (χ3v) is 2.47. The van der Waals surface area contributed by atoms with Crippen molar-refractivity contribution in [2.45, 2.75) is 13.3 Å². The van der Waals surface area contributed by atoms with E-state index in [9.17, 15) is 4.79 Å². The van der Waals surface area contributed by atoms with Gasteiger partial charge in [0.15, 0.2) is 0 Å². The molecule has 0 aliphatic heterocycles. The maximum absolute atomic E-state index is 11.6. The van der Waals surface area contributed by atoms with Crippen LogP contribution in [0.1, 0.15) is 13.3 Å². The van der Waals surface area contributed by atoms with Crippen molar-refractivity contribution in [1.29, 1.82) is 5.26 Å². The van der Waals surface area contributed by atoms with E-state index in [0.717, 1.165) is 18.7 Å². The first-order chi connectivity index (χ1) is 8.69. The molecule has 18 heavy (non-hydrogen) atoms. The highest BCUT2D eigenvalue weighted by atomic mass is 16.2. The maximum atomic E-state index is 11.6. The number of benzene rings is 1. The maximum Gasteiger partial charge on any atom is 0.240 e. The normalized spacial score (nSPS) is 9.56. The van der Waals surface area contributed by atoms with E-state index in [4.69, 9.17) is 11.0 Å². The van der Waals surface area contributed by atoms with Crippen LogP contribution in [0.15, 0.2) is 24.3 Å². The van der Waals surface area contributed by atoms with E-state index in [1.165, 1.54) is 0 Å². The summed E-state index contributed by atoms with van der Waals surface area (Å²) in [5, 5.41) is 10.9. The number of carbonyl (C=O) groups excluding carboxylic acids is 1. The fourth-order valence-electron chi connectivity index (χ4n) is 1.70. The predicted octanol–water partition coefficient (Wildman–Crippen LogP) is 1.12. The Hall–Kier alpha value is -2.22. The average molecular weight is 246 g/mol. The molecule has 0 spiro atoms. The molecule has 5 heteroatoms. The number of hydrogen-bond donors (Lipinski definition) is 2. The van der Waals surface area contributed by atoms with Crippen molar-refractivity contribution in [3.8, 4) is 6.07 Å². The Morgan fingerprint density at radius 3 is 2.83 bits per heavy atom. The number of hydrogen-bond acceptors (Lipinski definition) is 4. The number of nitrogens with two attached hydrogens (primary N) is 1. The first-order valence-electron chi connectivity index (χ1n) is 5.92. The monoisotopic (exact) mass is 246 g/mol. The van der Waals surface area contributed by atoms with Gasteiger partial charge < -0.3 is 16.0 Å². The zero-order valence-corrected chi connectivity index (χ0v) is 10.5. The molecule has 5 nitrogen and oxygen atoms in total. The Morgan fingerprint density at radius 2 is 2.22 bits per heavy atom. The zero-order valence-electron chi connectivity index (χ0n) is 10.5. The SMILES string of the molecule is CCCN(CC(=O)NCC#N)c1ccccc1N. The van der Waals surface area contributed by atoms with Crippen LogP contribution in [0.4, 0.5) is 11.4 Å². The second-order valence-corrected chi connectivity index (χ2v) is 3.92.